The highest BCUT2D eigenvalue weighted by Crippen LogP contribution is 2.23. The Balaban J connectivity index is 1.92. The van der Waals surface area contributed by atoms with Crippen molar-refractivity contribution in [3.63, 3.8) is 0 Å². The smallest absolute Gasteiger partial charge is 0.269 e. The average Bonchev–Trinajstić information content (AvgIpc) is 2.66. The first-order chi connectivity index (χ1) is 12.8. The normalized spacial score (nSPS) is 13.2. The predicted octanol–water partition coefficient (Wildman–Crippen LogP) is 3.23. The Morgan fingerprint density at radius 1 is 1.26 bits per heavy atom. The van der Waals surface area contributed by atoms with Crippen molar-refractivity contribution in [3.05, 3.63) is 69.8 Å². The van der Waals surface area contributed by atoms with Gasteiger partial charge in [-0.05, 0) is 38.6 Å². The fraction of sp³-hybridized carbons (Fsp3) is 0.350. The minimum atomic E-state index is -0.753. The maximum Gasteiger partial charge on any atom is 0.269 e. The summed E-state index contributed by atoms with van der Waals surface area (Å²) >= 11 is 0. The summed E-state index contributed by atoms with van der Waals surface area (Å²) in [7, 11) is 1.84. The lowest BCUT2D eigenvalue weighted by molar-refractivity contribution is -0.384. The number of likely N-dealkylation sites (N-methyl/N-ethyl adjacent to an activating group) is 1. The first-order valence-electron chi connectivity index (χ1n) is 8.64. The number of ketones is 1. The van der Waals surface area contributed by atoms with Gasteiger partial charge in [-0.1, -0.05) is 24.3 Å². The molecule has 2 aromatic carbocycles. The number of carbonyl (C=O) groups excluding carboxylic acids is 1. The number of non-ortho nitro benzene ring substituents is 1. The summed E-state index contributed by atoms with van der Waals surface area (Å²) in [6.45, 7) is 3.81. The summed E-state index contributed by atoms with van der Waals surface area (Å²) < 4.78 is 5.58. The van der Waals surface area contributed by atoms with Crippen molar-refractivity contribution in [2.24, 2.45) is 0 Å². The number of nitrogens with zero attached hydrogens (tertiary/aromatic N) is 2. The van der Waals surface area contributed by atoms with Crippen molar-refractivity contribution in [2.45, 2.75) is 26.0 Å². The topological polar surface area (TPSA) is 92.9 Å². The molecule has 2 unspecified atom stereocenters. The number of benzene rings is 2. The van der Waals surface area contributed by atoms with Gasteiger partial charge in [0.15, 0.2) is 5.78 Å². The van der Waals surface area contributed by atoms with Crippen LogP contribution in [0.1, 0.15) is 35.8 Å². The third-order valence-corrected chi connectivity index (χ3v) is 4.41. The zero-order valence-electron chi connectivity index (χ0n) is 15.7. The van der Waals surface area contributed by atoms with Crippen LogP contribution in [0.25, 0.3) is 0 Å². The molecule has 0 aliphatic rings. The third kappa shape index (κ3) is 5.87. The van der Waals surface area contributed by atoms with Gasteiger partial charge < -0.3 is 9.84 Å². The average molecular weight is 372 g/mol. The predicted molar refractivity (Wildman–Crippen MR) is 102 cm³/mol. The van der Waals surface area contributed by atoms with E-state index in [0.29, 0.717) is 17.9 Å². The van der Waals surface area contributed by atoms with E-state index in [2.05, 4.69) is 0 Å². The molecule has 0 fully saturated rings. The molecule has 0 radical (unpaired) electrons. The van der Waals surface area contributed by atoms with E-state index in [-0.39, 0.29) is 24.1 Å². The largest absolute Gasteiger partial charge is 0.491 e. The quantitative estimate of drug-likeness (QED) is 0.413. The van der Waals surface area contributed by atoms with Gasteiger partial charge in [-0.2, -0.15) is 0 Å². The highest BCUT2D eigenvalue weighted by atomic mass is 16.6. The molecule has 0 bridgehead atoms. The number of nitro benzene ring substituents is 1. The molecule has 1 N–H and O–H groups in total. The molecule has 0 heterocycles. The Hall–Kier alpha value is -2.77. The summed E-state index contributed by atoms with van der Waals surface area (Å²) in [5, 5.41) is 21.2. The minimum Gasteiger partial charge on any atom is -0.491 e. The van der Waals surface area contributed by atoms with Gasteiger partial charge in [-0.25, -0.2) is 0 Å². The molecule has 0 saturated heterocycles. The number of hydrogen-bond acceptors (Lipinski definition) is 6. The van der Waals surface area contributed by atoms with Gasteiger partial charge in [0.1, 0.15) is 18.5 Å². The number of carbonyl (C=O) groups is 1. The van der Waals surface area contributed by atoms with E-state index in [1.54, 1.807) is 30.3 Å². The lowest BCUT2D eigenvalue weighted by Gasteiger charge is -2.27. The minimum absolute atomic E-state index is 0.0435. The molecule has 0 aromatic heterocycles. The second kappa shape index (κ2) is 9.25. The number of ether oxygens (including phenoxy) is 1. The highest BCUT2D eigenvalue weighted by Gasteiger charge is 2.18. The Morgan fingerprint density at radius 3 is 2.63 bits per heavy atom. The SMILES string of the molecule is CC(=O)c1cccc(OCC(O)CN(C)C(C)c2cccc([N+](=O)[O-])c2)c1. The lowest BCUT2D eigenvalue weighted by atomic mass is 10.1. The van der Waals surface area contributed by atoms with Crippen molar-refractivity contribution in [1.29, 1.82) is 0 Å². The molecule has 0 spiro atoms. The maximum absolute atomic E-state index is 11.4. The van der Waals surface area contributed by atoms with Crippen LogP contribution in [-0.2, 0) is 0 Å². The molecular formula is C20H24N2O5. The van der Waals surface area contributed by atoms with Gasteiger partial charge in [0, 0.05) is 30.3 Å². The molecule has 2 atom stereocenters. The summed E-state index contributed by atoms with van der Waals surface area (Å²) in [5.74, 6) is 0.475. The van der Waals surface area contributed by atoms with E-state index >= 15 is 0 Å². The van der Waals surface area contributed by atoms with Crippen LogP contribution in [-0.4, -0.2) is 47.0 Å². The monoisotopic (exact) mass is 372 g/mol. The molecule has 0 amide bonds. The van der Waals surface area contributed by atoms with Crippen LogP contribution in [0.2, 0.25) is 0 Å². The van der Waals surface area contributed by atoms with Gasteiger partial charge >= 0.3 is 0 Å². The molecule has 144 valence electrons. The second-order valence-corrected chi connectivity index (χ2v) is 6.52. The Bertz CT molecular complexity index is 808. The van der Waals surface area contributed by atoms with Crippen LogP contribution in [0.15, 0.2) is 48.5 Å². The van der Waals surface area contributed by atoms with Gasteiger partial charge in [-0.3, -0.25) is 19.8 Å². The van der Waals surface area contributed by atoms with Crippen LogP contribution in [0, 0.1) is 10.1 Å². The van der Waals surface area contributed by atoms with Crippen molar-refractivity contribution in [3.8, 4) is 5.75 Å². The number of Topliss-reactive ketones (excluding diaryl/α,β-unsaturated/α-hetero) is 1. The van der Waals surface area contributed by atoms with E-state index < -0.39 is 11.0 Å². The van der Waals surface area contributed by atoms with Gasteiger partial charge in [0.2, 0.25) is 0 Å². The van der Waals surface area contributed by atoms with Gasteiger partial charge in [0.25, 0.3) is 5.69 Å². The van der Waals surface area contributed by atoms with E-state index in [0.717, 1.165) is 5.56 Å². The van der Waals surface area contributed by atoms with E-state index in [4.69, 9.17) is 4.74 Å². The lowest BCUT2D eigenvalue weighted by Crippen LogP contribution is -2.34. The third-order valence-electron chi connectivity index (χ3n) is 4.41. The van der Waals surface area contributed by atoms with Crippen LogP contribution < -0.4 is 4.74 Å². The standard InChI is InChI=1S/C20H24N2O5/c1-14(16-6-4-8-18(10-16)22(25)26)21(3)12-19(24)13-27-20-9-5-7-17(11-20)15(2)23/h4-11,14,19,24H,12-13H2,1-3H3. The number of nitro groups is 1. The molecule has 2 aromatic rings. The van der Waals surface area contributed by atoms with Crippen molar-refractivity contribution in [1.82, 2.24) is 4.90 Å². The van der Waals surface area contributed by atoms with Crippen LogP contribution in [0.4, 0.5) is 5.69 Å². The van der Waals surface area contributed by atoms with Gasteiger partial charge in [0.05, 0.1) is 4.92 Å². The molecule has 7 heteroatoms. The summed E-state index contributed by atoms with van der Waals surface area (Å²) in [4.78, 5) is 23.8. The van der Waals surface area contributed by atoms with Crippen LogP contribution in [0.5, 0.6) is 5.75 Å². The van der Waals surface area contributed by atoms with E-state index in [1.807, 2.05) is 24.9 Å². The maximum atomic E-state index is 11.4. The number of aliphatic hydroxyl groups is 1. The second-order valence-electron chi connectivity index (χ2n) is 6.52. The van der Waals surface area contributed by atoms with Crippen LogP contribution >= 0.6 is 0 Å². The van der Waals surface area contributed by atoms with Crippen molar-refractivity contribution in [2.75, 3.05) is 20.2 Å². The zero-order valence-corrected chi connectivity index (χ0v) is 15.7. The molecule has 2 rings (SSSR count). The first kappa shape index (κ1) is 20.5. The molecular weight excluding hydrogens is 348 g/mol. The highest BCUT2D eigenvalue weighted by molar-refractivity contribution is 5.94. The molecule has 0 saturated carbocycles. The Labute approximate surface area is 158 Å². The van der Waals surface area contributed by atoms with Crippen LogP contribution in [0.3, 0.4) is 0 Å². The fourth-order valence-corrected chi connectivity index (χ4v) is 2.69. The van der Waals surface area contributed by atoms with Crippen molar-refractivity contribution < 1.29 is 19.6 Å². The number of rotatable bonds is 9. The van der Waals surface area contributed by atoms with Gasteiger partial charge in [-0.15, -0.1) is 0 Å². The van der Waals surface area contributed by atoms with Crippen molar-refractivity contribution >= 4 is 11.5 Å². The van der Waals surface area contributed by atoms with E-state index in [1.165, 1.54) is 19.1 Å². The molecule has 0 aliphatic carbocycles. The Kier molecular flexibility index (Phi) is 7.04. The Morgan fingerprint density at radius 2 is 1.96 bits per heavy atom. The number of aliphatic hydroxyl groups excluding tert-OH is 1. The first-order valence-corrected chi connectivity index (χ1v) is 8.64. The summed E-state index contributed by atoms with van der Waals surface area (Å²) in [6, 6.07) is 13.2. The summed E-state index contributed by atoms with van der Waals surface area (Å²) in [6.07, 6.45) is -0.753. The summed E-state index contributed by atoms with van der Waals surface area (Å²) in [5.41, 5.74) is 1.40. The molecule has 7 nitrogen and oxygen atoms in total. The zero-order chi connectivity index (χ0) is 20.0. The van der Waals surface area contributed by atoms with E-state index in [9.17, 15) is 20.0 Å². The fourth-order valence-electron chi connectivity index (χ4n) is 2.69. The molecule has 0 aliphatic heterocycles. The molecule has 27 heavy (non-hydrogen) atoms. The number of hydrogen-bond donors (Lipinski definition) is 1.